The first-order chi connectivity index (χ1) is 13.3. The molecule has 0 amide bonds. The molecule has 0 heterocycles. The average molecular weight is 395 g/mol. The van der Waals surface area contributed by atoms with E-state index in [0.717, 1.165) is 63.7 Å². The maximum atomic E-state index is 11.9. The van der Waals surface area contributed by atoms with Gasteiger partial charge < -0.3 is 0 Å². The topological polar surface area (TPSA) is 51.2 Å². The normalized spacial score (nSPS) is 11.4. The molecule has 0 fully saturated rings. The van der Waals surface area contributed by atoms with Gasteiger partial charge in [-0.05, 0) is 31.6 Å². The number of carbonyl (C=O) groups excluding carboxylic acids is 3. The first-order valence-electron chi connectivity index (χ1n) is 11.9. The number of Topliss-reactive ketones (excluding diaryl/α,β-unsaturated/α-hetero) is 3. The molecule has 0 bridgehead atoms. The molecule has 0 rings (SSSR count). The third-order valence-corrected chi connectivity index (χ3v) is 5.42. The summed E-state index contributed by atoms with van der Waals surface area (Å²) in [5.41, 5.74) is 0. The SMILES string of the molecule is CC(C)CCCCCC(=O)CCCC(=O)CCCCCCCCC(=O)C(C)C. The summed E-state index contributed by atoms with van der Waals surface area (Å²) in [4.78, 5) is 35.3. The Morgan fingerprint density at radius 3 is 1.36 bits per heavy atom. The van der Waals surface area contributed by atoms with Crippen LogP contribution in [-0.4, -0.2) is 17.3 Å². The predicted octanol–water partition coefficient (Wildman–Crippen LogP) is 7.25. The van der Waals surface area contributed by atoms with Crippen LogP contribution in [0.25, 0.3) is 0 Å². The van der Waals surface area contributed by atoms with E-state index in [9.17, 15) is 14.4 Å². The van der Waals surface area contributed by atoms with Gasteiger partial charge in [0.1, 0.15) is 17.3 Å². The van der Waals surface area contributed by atoms with Crippen molar-refractivity contribution < 1.29 is 14.4 Å². The summed E-state index contributed by atoms with van der Waals surface area (Å²) >= 11 is 0. The summed E-state index contributed by atoms with van der Waals surface area (Å²) in [7, 11) is 0. The summed E-state index contributed by atoms with van der Waals surface area (Å²) in [5, 5.41) is 0. The Hall–Kier alpha value is -0.990. The summed E-state index contributed by atoms with van der Waals surface area (Å²) in [6, 6.07) is 0. The molecule has 0 aliphatic rings. The molecule has 0 atom stereocenters. The van der Waals surface area contributed by atoms with E-state index in [-0.39, 0.29) is 5.92 Å². The molecular weight excluding hydrogens is 348 g/mol. The highest BCUT2D eigenvalue weighted by Crippen LogP contribution is 2.13. The molecule has 0 spiro atoms. The molecule has 0 saturated carbocycles. The van der Waals surface area contributed by atoms with Crippen molar-refractivity contribution in [1.82, 2.24) is 0 Å². The van der Waals surface area contributed by atoms with Crippen LogP contribution >= 0.6 is 0 Å². The molecule has 0 radical (unpaired) electrons. The summed E-state index contributed by atoms with van der Waals surface area (Å²) in [6.45, 7) is 8.40. The molecule has 28 heavy (non-hydrogen) atoms. The summed E-state index contributed by atoms with van der Waals surface area (Å²) in [5.74, 6) is 1.92. The highest BCUT2D eigenvalue weighted by molar-refractivity contribution is 5.81. The molecule has 164 valence electrons. The van der Waals surface area contributed by atoms with Gasteiger partial charge in [0.25, 0.3) is 0 Å². The van der Waals surface area contributed by atoms with Gasteiger partial charge in [0, 0.05) is 38.0 Å². The minimum absolute atomic E-state index is 0.163. The molecule has 0 N–H and O–H groups in total. The molecule has 0 aromatic rings. The lowest BCUT2D eigenvalue weighted by Crippen LogP contribution is -2.05. The maximum Gasteiger partial charge on any atom is 0.135 e. The number of ketones is 3. The highest BCUT2D eigenvalue weighted by atomic mass is 16.1. The Morgan fingerprint density at radius 2 is 0.893 bits per heavy atom. The van der Waals surface area contributed by atoms with Crippen LogP contribution in [-0.2, 0) is 14.4 Å². The fraction of sp³-hybridized carbons (Fsp3) is 0.880. The second kappa shape index (κ2) is 18.1. The van der Waals surface area contributed by atoms with Gasteiger partial charge in [-0.15, -0.1) is 0 Å². The van der Waals surface area contributed by atoms with Crippen molar-refractivity contribution in [3.8, 4) is 0 Å². The first-order valence-corrected chi connectivity index (χ1v) is 11.9. The van der Waals surface area contributed by atoms with Crippen molar-refractivity contribution >= 4 is 17.3 Å². The highest BCUT2D eigenvalue weighted by Gasteiger charge is 2.07. The van der Waals surface area contributed by atoms with Crippen LogP contribution in [0.2, 0.25) is 0 Å². The average Bonchev–Trinajstić information content (AvgIpc) is 2.63. The number of hydrogen-bond acceptors (Lipinski definition) is 3. The Balaban J connectivity index is 3.41. The Morgan fingerprint density at radius 1 is 0.500 bits per heavy atom. The van der Waals surface area contributed by atoms with Gasteiger partial charge >= 0.3 is 0 Å². The van der Waals surface area contributed by atoms with Crippen LogP contribution in [0.1, 0.15) is 130 Å². The number of hydrogen-bond donors (Lipinski definition) is 0. The minimum atomic E-state index is 0.163. The van der Waals surface area contributed by atoms with Crippen LogP contribution in [0, 0.1) is 11.8 Å². The van der Waals surface area contributed by atoms with Crippen LogP contribution in [0.15, 0.2) is 0 Å². The smallest absolute Gasteiger partial charge is 0.135 e. The first kappa shape index (κ1) is 27.0. The molecule has 3 heteroatoms. The lowest BCUT2D eigenvalue weighted by Gasteiger charge is -2.05. The Labute approximate surface area is 174 Å². The van der Waals surface area contributed by atoms with E-state index >= 15 is 0 Å². The second-order valence-corrected chi connectivity index (χ2v) is 9.17. The van der Waals surface area contributed by atoms with Crippen molar-refractivity contribution in [1.29, 1.82) is 0 Å². The molecule has 0 aliphatic heterocycles. The van der Waals surface area contributed by atoms with Crippen molar-refractivity contribution in [2.24, 2.45) is 11.8 Å². The van der Waals surface area contributed by atoms with Crippen LogP contribution < -0.4 is 0 Å². The number of carbonyl (C=O) groups is 3. The fourth-order valence-electron chi connectivity index (χ4n) is 3.40. The van der Waals surface area contributed by atoms with Gasteiger partial charge in [0.2, 0.25) is 0 Å². The van der Waals surface area contributed by atoms with Crippen molar-refractivity contribution in [2.45, 2.75) is 130 Å². The van der Waals surface area contributed by atoms with Crippen LogP contribution in [0.4, 0.5) is 0 Å². The van der Waals surface area contributed by atoms with E-state index in [1.807, 2.05) is 13.8 Å². The van der Waals surface area contributed by atoms with Crippen molar-refractivity contribution in [3.05, 3.63) is 0 Å². The standard InChI is InChI=1S/C25H46O3/c1-21(2)15-10-9-12-17-24(27)19-14-18-23(26)16-11-7-5-6-8-13-20-25(28)22(3)4/h21-22H,5-20H2,1-4H3. The maximum absolute atomic E-state index is 11.9. The third kappa shape index (κ3) is 18.4. The Bertz CT molecular complexity index is 424. The predicted molar refractivity (Wildman–Crippen MR) is 119 cm³/mol. The van der Waals surface area contributed by atoms with Crippen molar-refractivity contribution in [3.63, 3.8) is 0 Å². The van der Waals surface area contributed by atoms with E-state index in [0.29, 0.717) is 49.5 Å². The third-order valence-electron chi connectivity index (χ3n) is 5.42. The van der Waals surface area contributed by atoms with Gasteiger partial charge in [-0.1, -0.05) is 72.6 Å². The van der Waals surface area contributed by atoms with Gasteiger partial charge in [0.15, 0.2) is 0 Å². The van der Waals surface area contributed by atoms with E-state index < -0.39 is 0 Å². The molecule has 0 aromatic carbocycles. The lowest BCUT2D eigenvalue weighted by molar-refractivity contribution is -0.122. The number of unbranched alkanes of at least 4 members (excludes halogenated alkanes) is 7. The quantitative estimate of drug-likeness (QED) is 0.204. The van der Waals surface area contributed by atoms with Crippen LogP contribution in [0.5, 0.6) is 0 Å². The molecule has 3 nitrogen and oxygen atoms in total. The Kier molecular flexibility index (Phi) is 17.4. The lowest BCUT2D eigenvalue weighted by atomic mass is 10.00. The largest absolute Gasteiger partial charge is 0.300 e. The van der Waals surface area contributed by atoms with Gasteiger partial charge in [-0.3, -0.25) is 14.4 Å². The molecule has 0 saturated heterocycles. The second-order valence-electron chi connectivity index (χ2n) is 9.17. The number of rotatable bonds is 20. The molecule has 0 aromatic heterocycles. The van der Waals surface area contributed by atoms with E-state index in [2.05, 4.69) is 13.8 Å². The molecular formula is C25H46O3. The van der Waals surface area contributed by atoms with Gasteiger partial charge in [0.05, 0.1) is 0 Å². The molecule has 0 unspecified atom stereocenters. The fourth-order valence-corrected chi connectivity index (χ4v) is 3.40. The summed E-state index contributed by atoms with van der Waals surface area (Å²) < 4.78 is 0. The zero-order valence-electron chi connectivity index (χ0n) is 19.2. The van der Waals surface area contributed by atoms with Gasteiger partial charge in [-0.25, -0.2) is 0 Å². The van der Waals surface area contributed by atoms with E-state index in [1.165, 1.54) is 12.8 Å². The van der Waals surface area contributed by atoms with Crippen molar-refractivity contribution in [2.75, 3.05) is 0 Å². The van der Waals surface area contributed by atoms with E-state index in [1.54, 1.807) is 0 Å². The zero-order valence-corrected chi connectivity index (χ0v) is 19.2. The minimum Gasteiger partial charge on any atom is -0.300 e. The summed E-state index contributed by atoms with van der Waals surface area (Å²) in [6.07, 6.45) is 15.1. The van der Waals surface area contributed by atoms with Gasteiger partial charge in [-0.2, -0.15) is 0 Å². The zero-order chi connectivity index (χ0) is 21.2. The van der Waals surface area contributed by atoms with Crippen LogP contribution in [0.3, 0.4) is 0 Å². The van der Waals surface area contributed by atoms with E-state index in [4.69, 9.17) is 0 Å². The molecule has 0 aliphatic carbocycles. The monoisotopic (exact) mass is 394 g/mol.